The minimum atomic E-state index is -0.253. The van der Waals surface area contributed by atoms with E-state index in [-0.39, 0.29) is 5.82 Å². The van der Waals surface area contributed by atoms with E-state index in [0.29, 0.717) is 0 Å². The summed E-state index contributed by atoms with van der Waals surface area (Å²) in [6.45, 7) is 3.42. The molecule has 140 valence electrons. The zero-order chi connectivity index (χ0) is 18.5. The Hall–Kier alpha value is -2.25. The molecular formula is C20H22FN5S. The van der Waals surface area contributed by atoms with Crippen LogP contribution in [0.2, 0.25) is 0 Å². The van der Waals surface area contributed by atoms with Gasteiger partial charge < -0.3 is 4.90 Å². The van der Waals surface area contributed by atoms with Gasteiger partial charge in [-0.15, -0.1) is 10.2 Å². The summed E-state index contributed by atoms with van der Waals surface area (Å²) >= 11 is 1.69. The van der Waals surface area contributed by atoms with Crippen molar-refractivity contribution in [2.45, 2.75) is 24.4 Å². The van der Waals surface area contributed by atoms with E-state index in [9.17, 15) is 4.39 Å². The molecule has 27 heavy (non-hydrogen) atoms. The Morgan fingerprint density at radius 3 is 2.41 bits per heavy atom. The Labute approximate surface area is 162 Å². The van der Waals surface area contributed by atoms with Crippen molar-refractivity contribution in [1.29, 1.82) is 0 Å². The first-order valence-electron chi connectivity index (χ1n) is 9.28. The van der Waals surface area contributed by atoms with Crippen molar-refractivity contribution < 1.29 is 4.39 Å². The van der Waals surface area contributed by atoms with Crippen LogP contribution in [-0.4, -0.2) is 50.0 Å². The van der Waals surface area contributed by atoms with Gasteiger partial charge >= 0.3 is 0 Å². The van der Waals surface area contributed by atoms with E-state index >= 15 is 0 Å². The first kappa shape index (κ1) is 18.1. The predicted octanol–water partition coefficient (Wildman–Crippen LogP) is 4.05. The van der Waals surface area contributed by atoms with Crippen molar-refractivity contribution in [3.05, 3.63) is 54.6 Å². The van der Waals surface area contributed by atoms with E-state index in [4.69, 9.17) is 0 Å². The molecule has 2 aromatic heterocycles. The molecule has 4 rings (SSSR count). The number of piperidine rings is 1. The minimum Gasteiger partial charge on any atom is -0.303 e. The molecule has 0 aliphatic carbocycles. The van der Waals surface area contributed by atoms with Gasteiger partial charge in [0, 0.05) is 35.9 Å². The number of thioether (sulfide) groups is 1. The number of halogens is 1. The highest BCUT2D eigenvalue weighted by atomic mass is 32.2. The summed E-state index contributed by atoms with van der Waals surface area (Å²) < 4.78 is 15.4. The maximum atomic E-state index is 13.4. The van der Waals surface area contributed by atoms with Crippen molar-refractivity contribution in [2.75, 3.05) is 25.4 Å². The molecule has 1 aliphatic heterocycles. The summed E-state index contributed by atoms with van der Waals surface area (Å²) in [4.78, 5) is 6.59. The second kappa shape index (κ2) is 8.63. The molecule has 0 bridgehead atoms. The van der Waals surface area contributed by atoms with E-state index in [1.165, 1.54) is 44.5 Å². The minimum absolute atomic E-state index is 0.253. The zero-order valence-electron chi connectivity index (χ0n) is 15.1. The van der Waals surface area contributed by atoms with E-state index in [1.807, 2.05) is 16.7 Å². The molecule has 7 heteroatoms. The van der Waals surface area contributed by atoms with E-state index in [1.54, 1.807) is 36.3 Å². The fourth-order valence-electron chi connectivity index (χ4n) is 3.32. The molecule has 0 spiro atoms. The molecule has 5 nitrogen and oxygen atoms in total. The summed E-state index contributed by atoms with van der Waals surface area (Å²) in [7, 11) is 0. The smallest absolute Gasteiger partial charge is 0.196 e. The molecule has 3 heterocycles. The van der Waals surface area contributed by atoms with Crippen LogP contribution in [0.1, 0.15) is 19.3 Å². The molecule has 0 amide bonds. The van der Waals surface area contributed by atoms with Gasteiger partial charge in [0.25, 0.3) is 0 Å². The molecule has 0 N–H and O–H groups in total. The van der Waals surface area contributed by atoms with Crippen LogP contribution in [0, 0.1) is 5.82 Å². The topological polar surface area (TPSA) is 46.8 Å². The summed E-state index contributed by atoms with van der Waals surface area (Å²) in [5.41, 5.74) is 1.79. The third-order valence-corrected chi connectivity index (χ3v) is 5.65. The van der Waals surface area contributed by atoms with Gasteiger partial charge in [0.2, 0.25) is 0 Å². The quantitative estimate of drug-likeness (QED) is 0.601. The second-order valence-corrected chi connectivity index (χ2v) is 7.67. The maximum Gasteiger partial charge on any atom is 0.196 e. The van der Waals surface area contributed by atoms with Gasteiger partial charge in [-0.1, -0.05) is 18.2 Å². The third kappa shape index (κ3) is 4.36. The first-order chi connectivity index (χ1) is 13.3. The molecule has 0 radical (unpaired) electrons. The van der Waals surface area contributed by atoms with Crippen LogP contribution in [0.4, 0.5) is 4.39 Å². The number of aromatic nitrogens is 4. The molecule has 0 atom stereocenters. The van der Waals surface area contributed by atoms with E-state index in [2.05, 4.69) is 20.1 Å². The van der Waals surface area contributed by atoms with Gasteiger partial charge in [-0.25, -0.2) is 4.39 Å². The molecule has 0 unspecified atom stereocenters. The summed E-state index contributed by atoms with van der Waals surface area (Å²) in [5, 5.41) is 9.65. The van der Waals surface area contributed by atoms with Crippen LogP contribution in [-0.2, 0) is 0 Å². The van der Waals surface area contributed by atoms with Gasteiger partial charge in [0.1, 0.15) is 5.82 Å². The average molecular weight is 383 g/mol. The summed E-state index contributed by atoms with van der Waals surface area (Å²) in [5.74, 6) is 1.44. The summed E-state index contributed by atoms with van der Waals surface area (Å²) in [6, 6.07) is 10.3. The van der Waals surface area contributed by atoms with Crippen LogP contribution >= 0.6 is 11.8 Å². The number of likely N-dealkylation sites (tertiary alicyclic amines) is 1. The third-order valence-electron chi connectivity index (χ3n) is 4.74. The lowest BCUT2D eigenvalue weighted by molar-refractivity contribution is 0.242. The lowest BCUT2D eigenvalue weighted by Crippen LogP contribution is -2.31. The van der Waals surface area contributed by atoms with Gasteiger partial charge in [-0.2, -0.15) is 0 Å². The lowest BCUT2D eigenvalue weighted by atomic mass is 10.1. The van der Waals surface area contributed by atoms with Crippen LogP contribution in [0.25, 0.3) is 17.1 Å². The van der Waals surface area contributed by atoms with Crippen molar-refractivity contribution in [3.8, 4) is 17.1 Å². The van der Waals surface area contributed by atoms with E-state index < -0.39 is 0 Å². The lowest BCUT2D eigenvalue weighted by Gasteiger charge is -2.25. The second-order valence-electron chi connectivity index (χ2n) is 6.60. The predicted molar refractivity (Wildman–Crippen MR) is 106 cm³/mol. The number of pyridine rings is 1. The highest BCUT2D eigenvalue weighted by molar-refractivity contribution is 7.99. The number of hydrogen-bond donors (Lipinski definition) is 0. The SMILES string of the molecule is Fc1ccc(-n2c(SCCN3CCCCC3)nnc2-c2ccncc2)cc1. The highest BCUT2D eigenvalue weighted by Crippen LogP contribution is 2.28. The highest BCUT2D eigenvalue weighted by Gasteiger charge is 2.17. The van der Waals surface area contributed by atoms with Crippen molar-refractivity contribution in [3.63, 3.8) is 0 Å². The van der Waals surface area contributed by atoms with Crippen molar-refractivity contribution in [2.24, 2.45) is 0 Å². The van der Waals surface area contributed by atoms with Crippen LogP contribution in [0.15, 0.2) is 53.9 Å². The molecule has 1 aromatic carbocycles. The van der Waals surface area contributed by atoms with Crippen LogP contribution in [0.5, 0.6) is 0 Å². The summed E-state index contributed by atoms with van der Waals surface area (Å²) in [6.07, 6.45) is 7.41. The van der Waals surface area contributed by atoms with Crippen LogP contribution in [0.3, 0.4) is 0 Å². The largest absolute Gasteiger partial charge is 0.303 e. The van der Waals surface area contributed by atoms with Gasteiger partial charge in [0.05, 0.1) is 0 Å². The fraction of sp³-hybridized carbons (Fsp3) is 0.350. The van der Waals surface area contributed by atoms with E-state index in [0.717, 1.165) is 34.5 Å². The number of hydrogen-bond acceptors (Lipinski definition) is 5. The standard InChI is InChI=1S/C20H22FN5S/c21-17-4-6-18(7-5-17)26-19(16-8-10-22-11-9-16)23-24-20(26)27-15-14-25-12-2-1-3-13-25/h4-11H,1-3,12-15H2. The zero-order valence-corrected chi connectivity index (χ0v) is 15.9. The Morgan fingerprint density at radius 2 is 1.67 bits per heavy atom. The van der Waals surface area contributed by atoms with Crippen molar-refractivity contribution in [1.82, 2.24) is 24.6 Å². The normalized spacial score (nSPS) is 15.1. The average Bonchev–Trinajstić information content (AvgIpc) is 3.14. The maximum absolute atomic E-state index is 13.4. The van der Waals surface area contributed by atoms with Gasteiger partial charge in [0.15, 0.2) is 11.0 Å². The Balaban J connectivity index is 1.59. The monoisotopic (exact) mass is 383 g/mol. The molecule has 0 saturated carbocycles. The Kier molecular flexibility index (Phi) is 5.79. The van der Waals surface area contributed by atoms with Gasteiger partial charge in [-0.3, -0.25) is 9.55 Å². The number of benzene rings is 1. The number of nitrogens with zero attached hydrogens (tertiary/aromatic N) is 5. The molecule has 1 aliphatic rings. The Morgan fingerprint density at radius 1 is 0.926 bits per heavy atom. The molecule has 1 saturated heterocycles. The number of rotatable bonds is 6. The van der Waals surface area contributed by atoms with Crippen LogP contribution < -0.4 is 0 Å². The fourth-order valence-corrected chi connectivity index (χ4v) is 4.27. The first-order valence-corrected chi connectivity index (χ1v) is 10.3. The molecule has 3 aromatic rings. The van der Waals surface area contributed by atoms with Crippen molar-refractivity contribution >= 4 is 11.8 Å². The molecular weight excluding hydrogens is 361 g/mol. The van der Waals surface area contributed by atoms with Gasteiger partial charge in [-0.05, 0) is 62.3 Å². The Bertz CT molecular complexity index is 860. The molecule has 1 fully saturated rings.